The van der Waals surface area contributed by atoms with E-state index in [1.807, 2.05) is 36.4 Å². The highest BCUT2D eigenvalue weighted by Crippen LogP contribution is 2.78. The third-order valence-electron chi connectivity index (χ3n) is 15.5. The van der Waals surface area contributed by atoms with Crippen LogP contribution in [-0.4, -0.2) is 64.5 Å². The van der Waals surface area contributed by atoms with Crippen LogP contribution >= 0.6 is 11.6 Å². The van der Waals surface area contributed by atoms with Gasteiger partial charge in [0.15, 0.2) is 5.78 Å². The number of ether oxygens (including phenoxy) is 2. The lowest BCUT2D eigenvalue weighted by atomic mass is 9.32. The molecule has 55 heavy (non-hydrogen) atoms. The van der Waals surface area contributed by atoms with Crippen molar-refractivity contribution in [3.63, 3.8) is 0 Å². The van der Waals surface area contributed by atoms with Crippen molar-refractivity contribution >= 4 is 34.2 Å². The second kappa shape index (κ2) is 13.3. The second-order valence-electron chi connectivity index (χ2n) is 18.0. The number of benzene rings is 3. The van der Waals surface area contributed by atoms with Gasteiger partial charge in [-0.2, -0.15) is 0 Å². The molecule has 1 amide bonds. The number of aliphatic hydroxyl groups excluding tert-OH is 1. The Hall–Kier alpha value is -3.56. The molecule has 1 heterocycles. The van der Waals surface area contributed by atoms with Gasteiger partial charge in [-0.05, 0) is 110 Å². The Morgan fingerprint density at radius 2 is 1.71 bits per heavy atom. The quantitative estimate of drug-likeness (QED) is 0.222. The standard InChI is InChI=1S/C46H51ClFNO6/c1-42-17-14-31(50)25-44(42)20-21-46(35(26-44)38(51)24-34-36(47)10-5-11-37(34)48)39(42)15-18-43(2)40(46)16-19-45(43,53)28-49(27-33-9-6-22-54-33)41(52)55-32-13-12-29-7-3-4-8-30(29)23-32/h3-5,7-8,10-13,20-21,23,26,31,33,39-40,50,53H,6,9,14-19,22,24-25,27-28H2,1-2H3/t31?,33-,39-,40-,42-,43+,44+,45-,46-/m1/s1. The number of halogens is 2. The maximum Gasteiger partial charge on any atom is 0.415 e. The summed E-state index contributed by atoms with van der Waals surface area (Å²) in [7, 11) is 0. The number of amides is 1. The van der Waals surface area contributed by atoms with E-state index in [0.29, 0.717) is 50.2 Å². The summed E-state index contributed by atoms with van der Waals surface area (Å²) in [5.74, 6) is -0.279. The average molecular weight is 768 g/mol. The Balaban J connectivity index is 1.07. The molecule has 0 aromatic heterocycles. The first-order valence-corrected chi connectivity index (χ1v) is 20.6. The number of carbonyl (C=O) groups is 2. The largest absolute Gasteiger partial charge is 0.415 e. The number of hydrogen-bond donors (Lipinski definition) is 2. The van der Waals surface area contributed by atoms with E-state index in [2.05, 4.69) is 32.1 Å². The molecule has 3 saturated carbocycles. The molecule has 10 rings (SSSR count). The number of ketones is 1. The van der Waals surface area contributed by atoms with Crippen LogP contribution in [0.5, 0.6) is 5.75 Å². The number of allylic oxidation sites excluding steroid dienone is 4. The molecule has 7 nitrogen and oxygen atoms in total. The van der Waals surface area contributed by atoms with E-state index in [0.717, 1.165) is 42.9 Å². The van der Waals surface area contributed by atoms with Gasteiger partial charge in [0.1, 0.15) is 11.6 Å². The summed E-state index contributed by atoms with van der Waals surface area (Å²) in [4.78, 5) is 30.6. The van der Waals surface area contributed by atoms with Gasteiger partial charge in [0.25, 0.3) is 0 Å². The summed E-state index contributed by atoms with van der Waals surface area (Å²) in [6.45, 7) is 5.50. The third-order valence-corrected chi connectivity index (χ3v) is 15.9. The zero-order chi connectivity index (χ0) is 38.4. The van der Waals surface area contributed by atoms with Crippen LogP contribution in [0.3, 0.4) is 0 Å². The van der Waals surface area contributed by atoms with Crippen molar-refractivity contribution in [1.29, 1.82) is 0 Å². The molecule has 9 atom stereocenters. The van der Waals surface area contributed by atoms with Crippen molar-refractivity contribution in [3.05, 3.63) is 101 Å². The van der Waals surface area contributed by atoms with E-state index < -0.39 is 39.9 Å². The zero-order valence-electron chi connectivity index (χ0n) is 31.7. The summed E-state index contributed by atoms with van der Waals surface area (Å²) in [5, 5.41) is 26.4. The van der Waals surface area contributed by atoms with Crippen molar-refractivity contribution < 1.29 is 33.7 Å². The molecule has 1 saturated heterocycles. The fourth-order valence-corrected chi connectivity index (χ4v) is 12.8. The zero-order valence-corrected chi connectivity index (χ0v) is 32.5. The molecule has 1 aliphatic heterocycles. The summed E-state index contributed by atoms with van der Waals surface area (Å²) < 4.78 is 27.3. The van der Waals surface area contributed by atoms with Gasteiger partial charge >= 0.3 is 6.09 Å². The fraction of sp³-hybridized carbons (Fsp3) is 0.522. The van der Waals surface area contributed by atoms with E-state index in [-0.39, 0.29) is 52.7 Å². The minimum atomic E-state index is -1.29. The topological polar surface area (TPSA) is 96.3 Å². The summed E-state index contributed by atoms with van der Waals surface area (Å²) >= 11 is 6.49. The lowest BCUT2D eigenvalue weighted by Gasteiger charge is -2.71. The monoisotopic (exact) mass is 767 g/mol. The van der Waals surface area contributed by atoms with Crippen LogP contribution in [0.2, 0.25) is 5.02 Å². The highest BCUT2D eigenvalue weighted by molar-refractivity contribution is 6.31. The van der Waals surface area contributed by atoms with Crippen LogP contribution in [0.1, 0.15) is 77.2 Å². The van der Waals surface area contributed by atoms with E-state index >= 15 is 4.39 Å². The number of Topliss-reactive ketones (excluding diaryl/α,β-unsaturated/α-hetero) is 1. The van der Waals surface area contributed by atoms with Gasteiger partial charge in [0, 0.05) is 45.4 Å². The molecule has 2 spiro atoms. The van der Waals surface area contributed by atoms with E-state index in [4.69, 9.17) is 21.1 Å². The number of carbonyl (C=O) groups excluding carboxylic acids is 2. The van der Waals surface area contributed by atoms with E-state index in [9.17, 15) is 19.8 Å². The lowest BCUT2D eigenvalue weighted by molar-refractivity contribution is -0.178. The molecule has 9 heteroatoms. The van der Waals surface area contributed by atoms with Crippen LogP contribution in [0, 0.1) is 39.3 Å². The van der Waals surface area contributed by atoms with Gasteiger partial charge < -0.3 is 24.6 Å². The number of nitrogens with zero attached hydrogens (tertiary/aromatic N) is 1. The number of hydrogen-bond acceptors (Lipinski definition) is 6. The van der Waals surface area contributed by atoms with Gasteiger partial charge in [-0.15, -0.1) is 0 Å². The highest BCUT2D eigenvalue weighted by Gasteiger charge is 2.74. The van der Waals surface area contributed by atoms with Crippen LogP contribution in [0.15, 0.2) is 84.5 Å². The Kier molecular flexibility index (Phi) is 8.93. The van der Waals surface area contributed by atoms with Gasteiger partial charge in [-0.25, -0.2) is 9.18 Å². The maximum absolute atomic E-state index is 15.2. The molecule has 2 N–H and O–H groups in total. The number of aliphatic hydroxyl groups is 2. The minimum absolute atomic E-state index is 0.0714. The van der Waals surface area contributed by atoms with Crippen molar-refractivity contribution in [1.82, 2.24) is 4.90 Å². The van der Waals surface area contributed by atoms with E-state index in [1.165, 1.54) is 6.07 Å². The molecule has 4 fully saturated rings. The normalized spacial score (nSPS) is 37.2. The summed E-state index contributed by atoms with van der Waals surface area (Å²) in [5.41, 5.74) is -2.54. The van der Waals surface area contributed by atoms with Crippen molar-refractivity contribution in [2.75, 3.05) is 19.7 Å². The minimum Gasteiger partial charge on any atom is -0.410 e. The first-order valence-electron chi connectivity index (χ1n) is 20.2. The van der Waals surface area contributed by atoms with Crippen molar-refractivity contribution in [2.45, 2.75) is 95.9 Å². The smallest absolute Gasteiger partial charge is 0.410 e. The van der Waals surface area contributed by atoms with Crippen LogP contribution in [0.25, 0.3) is 10.8 Å². The second-order valence-corrected chi connectivity index (χ2v) is 18.4. The molecular weight excluding hydrogens is 717 g/mol. The Bertz CT molecular complexity index is 2090. The molecule has 2 bridgehead atoms. The lowest BCUT2D eigenvalue weighted by Crippen LogP contribution is -2.67. The van der Waals surface area contributed by atoms with Crippen LogP contribution < -0.4 is 4.74 Å². The summed E-state index contributed by atoms with van der Waals surface area (Å²) in [6, 6.07) is 18.0. The third kappa shape index (κ3) is 5.60. The van der Waals surface area contributed by atoms with E-state index in [1.54, 1.807) is 23.1 Å². The van der Waals surface area contributed by atoms with Gasteiger partial charge in [0.2, 0.25) is 0 Å². The molecular formula is C46H51ClFNO6. The highest BCUT2D eigenvalue weighted by atomic mass is 35.5. The van der Waals surface area contributed by atoms with Gasteiger partial charge in [0.05, 0.1) is 30.9 Å². The average Bonchev–Trinajstić information content (AvgIpc) is 3.77. The summed E-state index contributed by atoms with van der Waals surface area (Å²) in [6.07, 6.45) is 11.7. The molecule has 7 aliphatic rings. The molecule has 0 radical (unpaired) electrons. The van der Waals surface area contributed by atoms with Crippen molar-refractivity contribution in [2.24, 2.45) is 33.5 Å². The molecule has 6 aliphatic carbocycles. The Labute approximate surface area is 327 Å². The maximum atomic E-state index is 15.2. The number of fused-ring (bicyclic) bond motifs is 2. The van der Waals surface area contributed by atoms with Crippen LogP contribution in [0.4, 0.5) is 9.18 Å². The SMILES string of the molecule is C[C@]12CC[C@H]3[C@]4(C=C[C@@]5(C=C4C(=O)Cc4c(F)cccc4Cl)CC(O)CC[C@]35C)[C@@H]1CC[C@@]2(O)CN(C[C@H]1CCCO1)C(=O)Oc1ccc2ccccc2c1. The first-order chi connectivity index (χ1) is 26.3. The Morgan fingerprint density at radius 1 is 0.945 bits per heavy atom. The predicted octanol–water partition coefficient (Wildman–Crippen LogP) is 9.02. The van der Waals surface area contributed by atoms with Gasteiger partial charge in [-0.3, -0.25) is 4.79 Å². The Morgan fingerprint density at radius 3 is 2.49 bits per heavy atom. The van der Waals surface area contributed by atoms with Crippen molar-refractivity contribution in [3.8, 4) is 5.75 Å². The number of rotatable bonds is 8. The van der Waals surface area contributed by atoms with Crippen LogP contribution in [-0.2, 0) is 16.0 Å². The van der Waals surface area contributed by atoms with Gasteiger partial charge in [-0.1, -0.05) is 80.1 Å². The molecule has 3 aromatic rings. The predicted molar refractivity (Wildman–Crippen MR) is 209 cm³/mol. The molecule has 290 valence electrons. The fourth-order valence-electron chi connectivity index (χ4n) is 12.6. The first kappa shape index (κ1) is 37.0. The molecule has 1 unspecified atom stereocenters. The molecule has 3 aromatic carbocycles.